The lowest BCUT2D eigenvalue weighted by Crippen LogP contribution is -2.27. The van der Waals surface area contributed by atoms with Gasteiger partial charge in [0.15, 0.2) is 11.6 Å². The van der Waals surface area contributed by atoms with Crippen molar-refractivity contribution in [2.45, 2.75) is 11.4 Å². The van der Waals surface area contributed by atoms with Crippen molar-refractivity contribution in [2.24, 2.45) is 0 Å². The summed E-state index contributed by atoms with van der Waals surface area (Å²) in [6.45, 7) is 0.275. The first-order valence-corrected chi connectivity index (χ1v) is 7.93. The average Bonchev–Trinajstić information content (AvgIpc) is 2.54. The van der Waals surface area contributed by atoms with Gasteiger partial charge in [0.1, 0.15) is 5.82 Å². The molecule has 0 heterocycles. The van der Waals surface area contributed by atoms with Crippen LogP contribution in [0.3, 0.4) is 0 Å². The van der Waals surface area contributed by atoms with E-state index in [9.17, 15) is 13.6 Å². The average molecular weight is 337 g/mol. The minimum Gasteiger partial charge on any atom is -0.494 e. The molecule has 2 aromatic rings. The Balaban J connectivity index is 1.92. The molecule has 23 heavy (non-hydrogen) atoms. The summed E-state index contributed by atoms with van der Waals surface area (Å²) in [7, 11) is 3.03. The van der Waals surface area contributed by atoms with Crippen molar-refractivity contribution in [3.63, 3.8) is 0 Å². The zero-order valence-corrected chi connectivity index (χ0v) is 13.7. The number of halogens is 2. The molecule has 0 N–H and O–H groups in total. The second-order valence-electron chi connectivity index (χ2n) is 4.94. The SMILES string of the molecule is COc1ccc(CN(C)C(=O)CSc2ccccc2F)cc1F. The molecule has 0 aliphatic heterocycles. The monoisotopic (exact) mass is 337 g/mol. The molecule has 0 aliphatic carbocycles. The molecule has 2 aromatic carbocycles. The van der Waals surface area contributed by atoms with E-state index in [4.69, 9.17) is 4.74 Å². The maximum Gasteiger partial charge on any atom is 0.232 e. The van der Waals surface area contributed by atoms with Crippen LogP contribution in [0.4, 0.5) is 8.78 Å². The van der Waals surface area contributed by atoms with E-state index < -0.39 is 5.82 Å². The first kappa shape index (κ1) is 17.3. The number of rotatable bonds is 6. The second kappa shape index (κ2) is 7.97. The van der Waals surface area contributed by atoms with Crippen molar-refractivity contribution in [1.29, 1.82) is 0 Å². The van der Waals surface area contributed by atoms with Crippen molar-refractivity contribution in [3.8, 4) is 5.75 Å². The van der Waals surface area contributed by atoms with E-state index in [0.29, 0.717) is 10.5 Å². The van der Waals surface area contributed by atoms with Gasteiger partial charge in [-0.15, -0.1) is 11.8 Å². The highest BCUT2D eigenvalue weighted by Crippen LogP contribution is 2.22. The molecule has 0 saturated heterocycles. The number of benzene rings is 2. The molecule has 0 spiro atoms. The largest absolute Gasteiger partial charge is 0.494 e. The highest BCUT2D eigenvalue weighted by molar-refractivity contribution is 8.00. The third-order valence-corrected chi connectivity index (χ3v) is 4.28. The number of carbonyl (C=O) groups is 1. The fourth-order valence-corrected chi connectivity index (χ4v) is 2.86. The van der Waals surface area contributed by atoms with Gasteiger partial charge in [-0.25, -0.2) is 8.78 Å². The molecule has 0 aromatic heterocycles. The Morgan fingerprint density at radius 2 is 1.91 bits per heavy atom. The van der Waals surface area contributed by atoms with E-state index in [1.165, 1.54) is 30.2 Å². The van der Waals surface area contributed by atoms with E-state index in [0.717, 1.165) is 11.8 Å². The number of nitrogens with zero attached hydrogens (tertiary/aromatic N) is 1. The molecule has 0 unspecified atom stereocenters. The van der Waals surface area contributed by atoms with Gasteiger partial charge in [0, 0.05) is 18.5 Å². The van der Waals surface area contributed by atoms with Gasteiger partial charge in [-0.1, -0.05) is 18.2 Å². The quantitative estimate of drug-likeness (QED) is 0.753. The van der Waals surface area contributed by atoms with Crippen LogP contribution in [0, 0.1) is 11.6 Å². The lowest BCUT2D eigenvalue weighted by atomic mass is 10.2. The highest BCUT2D eigenvalue weighted by Gasteiger charge is 2.12. The number of thioether (sulfide) groups is 1. The normalized spacial score (nSPS) is 10.4. The van der Waals surface area contributed by atoms with Crippen LogP contribution in [0.1, 0.15) is 5.56 Å². The van der Waals surface area contributed by atoms with Gasteiger partial charge in [0.25, 0.3) is 0 Å². The number of carbonyl (C=O) groups excluding carboxylic acids is 1. The molecule has 0 aliphatic rings. The molecule has 0 saturated carbocycles. The Labute approximate surface area is 138 Å². The molecule has 122 valence electrons. The van der Waals surface area contributed by atoms with Crippen LogP contribution in [0.25, 0.3) is 0 Å². The lowest BCUT2D eigenvalue weighted by Gasteiger charge is -2.17. The Kier molecular flexibility index (Phi) is 5.98. The molecule has 3 nitrogen and oxygen atoms in total. The van der Waals surface area contributed by atoms with Gasteiger partial charge in [-0.05, 0) is 29.8 Å². The summed E-state index contributed by atoms with van der Waals surface area (Å²) in [5, 5.41) is 0. The summed E-state index contributed by atoms with van der Waals surface area (Å²) >= 11 is 1.14. The van der Waals surface area contributed by atoms with Gasteiger partial charge >= 0.3 is 0 Å². The van der Waals surface area contributed by atoms with E-state index in [1.807, 2.05) is 0 Å². The summed E-state index contributed by atoms with van der Waals surface area (Å²) in [5.41, 5.74) is 0.662. The summed E-state index contributed by atoms with van der Waals surface area (Å²) in [6, 6.07) is 10.9. The molecule has 2 rings (SSSR count). The number of methoxy groups -OCH3 is 1. The van der Waals surface area contributed by atoms with Crippen molar-refractivity contribution < 1.29 is 18.3 Å². The molecule has 0 bridgehead atoms. The maximum absolute atomic E-state index is 13.6. The van der Waals surface area contributed by atoms with E-state index in [2.05, 4.69) is 0 Å². The van der Waals surface area contributed by atoms with Crippen molar-refractivity contribution in [3.05, 3.63) is 59.7 Å². The zero-order valence-electron chi connectivity index (χ0n) is 12.9. The topological polar surface area (TPSA) is 29.5 Å². The van der Waals surface area contributed by atoms with Crippen LogP contribution >= 0.6 is 11.8 Å². The van der Waals surface area contributed by atoms with E-state index in [1.54, 1.807) is 31.3 Å². The van der Waals surface area contributed by atoms with Gasteiger partial charge in [-0.2, -0.15) is 0 Å². The first-order chi connectivity index (χ1) is 11.0. The van der Waals surface area contributed by atoms with Crippen LogP contribution in [-0.4, -0.2) is 30.7 Å². The van der Waals surface area contributed by atoms with E-state index >= 15 is 0 Å². The molecule has 1 amide bonds. The van der Waals surface area contributed by atoms with Crippen molar-refractivity contribution in [1.82, 2.24) is 4.90 Å². The molecule has 0 radical (unpaired) electrons. The Morgan fingerprint density at radius 1 is 1.17 bits per heavy atom. The molecule has 0 atom stereocenters. The third kappa shape index (κ3) is 4.69. The summed E-state index contributed by atoms with van der Waals surface area (Å²) in [5.74, 6) is -0.681. The van der Waals surface area contributed by atoms with Crippen molar-refractivity contribution >= 4 is 17.7 Å². The Bertz CT molecular complexity index is 694. The van der Waals surface area contributed by atoms with Gasteiger partial charge in [-0.3, -0.25) is 4.79 Å². The summed E-state index contributed by atoms with van der Waals surface area (Å²) < 4.78 is 32.0. The van der Waals surface area contributed by atoms with Crippen LogP contribution in [0.15, 0.2) is 47.4 Å². The third-order valence-electron chi connectivity index (χ3n) is 3.25. The molecule has 6 heteroatoms. The minimum atomic E-state index is -0.466. The van der Waals surface area contributed by atoms with Gasteiger partial charge in [0.2, 0.25) is 5.91 Å². The van der Waals surface area contributed by atoms with Gasteiger partial charge < -0.3 is 9.64 Å². The number of ether oxygens (including phenoxy) is 1. The first-order valence-electron chi connectivity index (χ1n) is 6.95. The van der Waals surface area contributed by atoms with Crippen LogP contribution in [0.5, 0.6) is 5.75 Å². The number of hydrogen-bond acceptors (Lipinski definition) is 3. The summed E-state index contributed by atoms with van der Waals surface area (Å²) in [4.78, 5) is 14.0. The predicted octanol–water partition coefficient (Wildman–Crippen LogP) is 3.72. The Morgan fingerprint density at radius 3 is 2.57 bits per heavy atom. The van der Waals surface area contributed by atoms with Crippen LogP contribution in [0.2, 0.25) is 0 Å². The fourth-order valence-electron chi connectivity index (χ4n) is 1.98. The maximum atomic E-state index is 13.6. The predicted molar refractivity (Wildman–Crippen MR) is 86.6 cm³/mol. The second-order valence-corrected chi connectivity index (χ2v) is 5.95. The summed E-state index contributed by atoms with van der Waals surface area (Å²) in [6.07, 6.45) is 0. The van der Waals surface area contributed by atoms with E-state index in [-0.39, 0.29) is 29.8 Å². The highest BCUT2D eigenvalue weighted by atomic mass is 32.2. The number of amides is 1. The molecular formula is C17H17F2NO2S. The number of hydrogen-bond donors (Lipinski definition) is 0. The lowest BCUT2D eigenvalue weighted by molar-refractivity contribution is -0.127. The molecule has 0 fully saturated rings. The fraction of sp³-hybridized carbons (Fsp3) is 0.235. The Hall–Kier alpha value is -2.08. The zero-order chi connectivity index (χ0) is 16.8. The van der Waals surface area contributed by atoms with Crippen molar-refractivity contribution in [2.75, 3.05) is 19.9 Å². The smallest absolute Gasteiger partial charge is 0.232 e. The molecular weight excluding hydrogens is 320 g/mol. The van der Waals surface area contributed by atoms with Crippen LogP contribution in [-0.2, 0) is 11.3 Å². The standard InChI is InChI=1S/C17H17F2NO2S/c1-20(10-12-7-8-15(22-2)14(19)9-12)17(21)11-23-16-6-4-3-5-13(16)18/h3-9H,10-11H2,1-2H3. The minimum absolute atomic E-state index is 0.121. The van der Waals surface area contributed by atoms with Crippen LogP contribution < -0.4 is 4.74 Å². The van der Waals surface area contributed by atoms with Gasteiger partial charge in [0.05, 0.1) is 12.9 Å².